The lowest BCUT2D eigenvalue weighted by Crippen LogP contribution is -2.48. The first-order chi connectivity index (χ1) is 13.8. The van der Waals surface area contributed by atoms with E-state index in [4.69, 9.17) is 34.8 Å². The number of nitrogens with one attached hydrogen (secondary N) is 1. The normalized spacial score (nSPS) is 11.8. The van der Waals surface area contributed by atoms with Crippen LogP contribution >= 0.6 is 46.6 Å². The van der Waals surface area contributed by atoms with Crippen molar-refractivity contribution in [3.8, 4) is 0 Å². The average Bonchev–Trinajstić information content (AvgIpc) is 2.67. The molecule has 0 aromatic heterocycles. The maximum atomic E-state index is 13.0. The topological polar surface area (TPSA) is 49.4 Å². The van der Waals surface area contributed by atoms with Gasteiger partial charge in [-0.05, 0) is 49.2 Å². The molecule has 0 aliphatic heterocycles. The van der Waals surface area contributed by atoms with Crippen LogP contribution in [0.25, 0.3) is 0 Å². The molecule has 4 nitrogen and oxygen atoms in total. The van der Waals surface area contributed by atoms with E-state index in [-0.39, 0.29) is 24.1 Å². The molecule has 0 saturated heterocycles. The fourth-order valence-electron chi connectivity index (χ4n) is 2.70. The van der Waals surface area contributed by atoms with Gasteiger partial charge in [-0.25, -0.2) is 0 Å². The Balaban J connectivity index is 2.10. The summed E-state index contributed by atoms with van der Waals surface area (Å²) in [6, 6.07) is 12.0. The molecule has 2 amide bonds. The second kappa shape index (κ2) is 11.7. The van der Waals surface area contributed by atoms with Gasteiger partial charge in [0.25, 0.3) is 0 Å². The molecule has 156 valence electrons. The second-order valence-electron chi connectivity index (χ2n) is 6.45. The molecule has 2 aromatic rings. The minimum atomic E-state index is -0.624. The molecule has 2 aromatic carbocycles. The van der Waals surface area contributed by atoms with Crippen LogP contribution in [0.15, 0.2) is 42.5 Å². The van der Waals surface area contributed by atoms with Crippen LogP contribution in [0.1, 0.15) is 25.0 Å². The van der Waals surface area contributed by atoms with Crippen LogP contribution in [0.2, 0.25) is 15.1 Å². The van der Waals surface area contributed by atoms with Gasteiger partial charge in [0.15, 0.2) is 0 Å². The summed E-state index contributed by atoms with van der Waals surface area (Å²) in [6.07, 6.45) is 0. The van der Waals surface area contributed by atoms with E-state index < -0.39 is 6.04 Å². The van der Waals surface area contributed by atoms with Gasteiger partial charge in [-0.2, -0.15) is 0 Å². The predicted octanol–water partition coefficient (Wildman–Crippen LogP) is 5.43. The Morgan fingerprint density at radius 3 is 2.48 bits per heavy atom. The average molecular weight is 474 g/mol. The first-order valence-electron chi connectivity index (χ1n) is 9.15. The number of nitrogens with zero attached hydrogens (tertiary/aromatic N) is 1. The van der Waals surface area contributed by atoms with Crippen molar-refractivity contribution in [1.82, 2.24) is 10.2 Å². The summed E-state index contributed by atoms with van der Waals surface area (Å²) >= 11 is 19.7. The summed E-state index contributed by atoms with van der Waals surface area (Å²) in [7, 11) is 0. The van der Waals surface area contributed by atoms with Crippen LogP contribution in [-0.2, 0) is 21.9 Å². The van der Waals surface area contributed by atoms with E-state index in [1.807, 2.05) is 31.2 Å². The van der Waals surface area contributed by atoms with Crippen molar-refractivity contribution in [2.45, 2.75) is 32.2 Å². The number of rotatable bonds is 9. The lowest BCUT2D eigenvalue weighted by atomic mass is 10.1. The van der Waals surface area contributed by atoms with E-state index in [2.05, 4.69) is 5.32 Å². The van der Waals surface area contributed by atoms with Crippen molar-refractivity contribution in [3.05, 3.63) is 68.7 Å². The SMILES string of the molecule is CCNC(=O)[C@H](C)N(Cc1ccc(Cl)cc1Cl)C(=O)CSCc1cccc(Cl)c1. The van der Waals surface area contributed by atoms with E-state index in [9.17, 15) is 9.59 Å². The smallest absolute Gasteiger partial charge is 0.242 e. The van der Waals surface area contributed by atoms with Gasteiger partial charge in [0, 0.05) is 33.9 Å². The zero-order valence-electron chi connectivity index (χ0n) is 16.3. The first-order valence-corrected chi connectivity index (χ1v) is 11.4. The molecule has 0 aliphatic rings. The van der Waals surface area contributed by atoms with Crippen molar-refractivity contribution in [1.29, 1.82) is 0 Å². The zero-order chi connectivity index (χ0) is 21.4. The minimum Gasteiger partial charge on any atom is -0.355 e. The molecular weight excluding hydrogens is 451 g/mol. The van der Waals surface area contributed by atoms with E-state index >= 15 is 0 Å². The van der Waals surface area contributed by atoms with E-state index in [1.165, 1.54) is 11.8 Å². The number of carbonyl (C=O) groups is 2. The molecular formula is C21H23Cl3N2O2S. The molecule has 29 heavy (non-hydrogen) atoms. The van der Waals surface area contributed by atoms with Crippen molar-refractivity contribution >= 4 is 58.4 Å². The lowest BCUT2D eigenvalue weighted by Gasteiger charge is -2.29. The third-order valence-corrected chi connectivity index (χ3v) is 6.07. The summed E-state index contributed by atoms with van der Waals surface area (Å²) in [5.41, 5.74) is 1.78. The van der Waals surface area contributed by atoms with Gasteiger partial charge in [-0.15, -0.1) is 11.8 Å². The van der Waals surface area contributed by atoms with Gasteiger partial charge in [0.2, 0.25) is 11.8 Å². The number of likely N-dealkylation sites (N-methyl/N-ethyl adjacent to an activating group) is 1. The number of thioether (sulfide) groups is 1. The molecule has 0 aliphatic carbocycles. The molecule has 0 spiro atoms. The van der Waals surface area contributed by atoms with Gasteiger partial charge in [-0.1, -0.05) is 53.0 Å². The van der Waals surface area contributed by atoms with Gasteiger partial charge >= 0.3 is 0 Å². The van der Waals surface area contributed by atoms with Crippen LogP contribution in [0.3, 0.4) is 0 Å². The largest absolute Gasteiger partial charge is 0.355 e. The highest BCUT2D eigenvalue weighted by Crippen LogP contribution is 2.24. The van der Waals surface area contributed by atoms with Crippen LogP contribution in [0, 0.1) is 0 Å². The second-order valence-corrected chi connectivity index (χ2v) is 8.72. The molecule has 1 N–H and O–H groups in total. The van der Waals surface area contributed by atoms with Crippen molar-refractivity contribution < 1.29 is 9.59 Å². The number of benzene rings is 2. The van der Waals surface area contributed by atoms with Crippen molar-refractivity contribution in [2.24, 2.45) is 0 Å². The van der Waals surface area contributed by atoms with Crippen LogP contribution < -0.4 is 5.32 Å². The van der Waals surface area contributed by atoms with Crippen molar-refractivity contribution in [2.75, 3.05) is 12.3 Å². The number of amides is 2. The number of carbonyl (C=O) groups excluding carboxylic acids is 2. The van der Waals surface area contributed by atoms with E-state index in [1.54, 1.807) is 30.0 Å². The minimum absolute atomic E-state index is 0.137. The Morgan fingerprint density at radius 1 is 1.10 bits per heavy atom. The Morgan fingerprint density at radius 2 is 1.83 bits per heavy atom. The van der Waals surface area contributed by atoms with E-state index in [0.717, 1.165) is 11.1 Å². The maximum Gasteiger partial charge on any atom is 0.242 e. The molecule has 0 heterocycles. The molecule has 1 atom stereocenters. The zero-order valence-corrected chi connectivity index (χ0v) is 19.3. The van der Waals surface area contributed by atoms with E-state index in [0.29, 0.717) is 27.4 Å². The Hall–Kier alpha value is -1.40. The van der Waals surface area contributed by atoms with Gasteiger partial charge < -0.3 is 10.2 Å². The summed E-state index contributed by atoms with van der Waals surface area (Å²) in [5.74, 6) is 0.548. The van der Waals surface area contributed by atoms with Gasteiger partial charge in [0.05, 0.1) is 5.75 Å². The Labute approximate surface area is 190 Å². The summed E-state index contributed by atoms with van der Waals surface area (Å²) in [4.78, 5) is 26.9. The van der Waals surface area contributed by atoms with Gasteiger partial charge in [-0.3, -0.25) is 9.59 Å². The molecule has 0 bridgehead atoms. The standard InChI is InChI=1S/C21H23Cl3N2O2S/c1-3-25-21(28)14(2)26(11-16-7-8-18(23)10-19(16)24)20(27)13-29-12-15-5-4-6-17(22)9-15/h4-10,14H,3,11-13H2,1-2H3,(H,25,28)/t14-/m0/s1. The highest BCUT2D eigenvalue weighted by atomic mass is 35.5. The quantitative estimate of drug-likeness (QED) is 0.528. The number of hydrogen-bond donors (Lipinski definition) is 1. The Bertz CT molecular complexity index is 864. The van der Waals surface area contributed by atoms with Crippen molar-refractivity contribution in [3.63, 3.8) is 0 Å². The third kappa shape index (κ3) is 7.41. The molecule has 0 fully saturated rings. The molecule has 8 heteroatoms. The molecule has 0 saturated carbocycles. The first kappa shape index (κ1) is 23.9. The Kier molecular flexibility index (Phi) is 9.63. The lowest BCUT2D eigenvalue weighted by molar-refractivity contribution is -0.138. The van der Waals surface area contributed by atoms with Crippen LogP contribution in [0.4, 0.5) is 0 Å². The predicted molar refractivity (Wildman–Crippen MR) is 123 cm³/mol. The fourth-order valence-corrected chi connectivity index (χ4v) is 4.24. The number of hydrogen-bond acceptors (Lipinski definition) is 3. The fraction of sp³-hybridized carbons (Fsp3) is 0.333. The maximum absolute atomic E-state index is 13.0. The van der Waals surface area contributed by atoms with Crippen LogP contribution in [-0.4, -0.2) is 35.1 Å². The highest BCUT2D eigenvalue weighted by molar-refractivity contribution is 7.99. The highest BCUT2D eigenvalue weighted by Gasteiger charge is 2.26. The third-order valence-electron chi connectivity index (χ3n) is 4.26. The number of halogens is 3. The molecule has 2 rings (SSSR count). The monoisotopic (exact) mass is 472 g/mol. The summed E-state index contributed by atoms with van der Waals surface area (Å²) in [5, 5.41) is 4.42. The summed E-state index contributed by atoms with van der Waals surface area (Å²) < 4.78 is 0. The summed E-state index contributed by atoms with van der Waals surface area (Å²) in [6.45, 7) is 4.28. The molecule has 0 radical (unpaired) electrons. The molecule has 0 unspecified atom stereocenters. The van der Waals surface area contributed by atoms with Crippen LogP contribution in [0.5, 0.6) is 0 Å². The van der Waals surface area contributed by atoms with Gasteiger partial charge in [0.1, 0.15) is 6.04 Å².